The minimum atomic E-state index is -4.92. The molecular formula is H7KMgNNaO7S. The van der Waals surface area contributed by atoms with Crippen LogP contribution >= 0.6 is 0 Å². The van der Waals surface area contributed by atoms with Crippen LogP contribution in [0.1, 0.15) is 5.71 Å². The van der Waals surface area contributed by atoms with Gasteiger partial charge in [0, 0.05) is 0 Å². The summed E-state index contributed by atoms with van der Waals surface area (Å²) >= 11 is 0. The first-order chi connectivity index (χ1) is 3.42. The number of rotatable bonds is 2. The van der Waals surface area contributed by atoms with E-state index in [0.29, 0.717) is 0 Å². The minimum absolute atomic E-state index is 0. The van der Waals surface area contributed by atoms with Crippen LogP contribution in [0.4, 0.5) is 0 Å². The Labute approximate surface area is 155 Å². The van der Waals surface area contributed by atoms with E-state index in [4.69, 9.17) is 14.7 Å². The Morgan fingerprint density at radius 1 is 1.50 bits per heavy atom. The van der Waals surface area contributed by atoms with E-state index in [0.717, 1.165) is 0 Å². The summed E-state index contributed by atoms with van der Waals surface area (Å²) in [5, 5.41) is 7.43. The fourth-order valence-corrected chi connectivity index (χ4v) is 0.231. The molecule has 0 aromatic rings. The molecule has 0 aromatic carbocycles. The van der Waals surface area contributed by atoms with Crippen LogP contribution in [0.5, 0.6) is 0 Å². The average Bonchev–Trinajstić information content (AvgIpc) is 1.21. The molecule has 0 rings (SSSR count). The van der Waals surface area contributed by atoms with E-state index in [-0.39, 0.29) is 115 Å². The van der Waals surface area contributed by atoms with E-state index in [1.54, 1.807) is 0 Å². The van der Waals surface area contributed by atoms with Gasteiger partial charge in [0.05, 0.1) is 0 Å². The molecule has 0 fully saturated rings. The third kappa shape index (κ3) is 29.4. The van der Waals surface area contributed by atoms with Crippen molar-refractivity contribution in [2.75, 3.05) is 0 Å². The minimum Gasteiger partial charge on any atom is -1.00 e. The van der Waals surface area contributed by atoms with Crippen molar-refractivity contribution in [3.05, 3.63) is 10.1 Å². The molecule has 0 atom stereocenters. The van der Waals surface area contributed by atoms with Gasteiger partial charge in [-0.2, -0.15) is 12.7 Å². The maximum atomic E-state index is 9.33. The summed E-state index contributed by atoms with van der Waals surface area (Å²) in [5.41, 5.74) is 0. The normalized spacial score (nSPS) is 7.08. The summed E-state index contributed by atoms with van der Waals surface area (Å²) in [5.74, 6) is 0. The number of hydrogen-bond donors (Lipinski definition) is 1. The molecule has 0 aliphatic rings. The molecule has 0 radical (unpaired) electrons. The van der Waals surface area contributed by atoms with E-state index in [2.05, 4.69) is 4.28 Å². The Balaban J connectivity index is -0.00000000875. The van der Waals surface area contributed by atoms with Crippen molar-refractivity contribution in [1.29, 1.82) is 0 Å². The van der Waals surface area contributed by atoms with Gasteiger partial charge >= 0.3 is 119 Å². The van der Waals surface area contributed by atoms with Crippen LogP contribution in [0.15, 0.2) is 0 Å². The molecule has 0 spiro atoms. The molecule has 0 saturated carbocycles. The third-order valence-electron chi connectivity index (χ3n) is 0.155. The van der Waals surface area contributed by atoms with Crippen molar-refractivity contribution < 1.29 is 114 Å². The van der Waals surface area contributed by atoms with Gasteiger partial charge in [-0.25, -0.2) is 0 Å². The SMILES string of the molecule is O.O=[N+]([O-])OS(=O)(=O)O.[H-].[H-].[H-].[H-].[K+].[Mg+2].[Na+]. The van der Waals surface area contributed by atoms with Crippen LogP contribution in [0.3, 0.4) is 0 Å². The molecule has 0 aliphatic carbocycles. The largest absolute Gasteiger partial charge is 2.00 e. The molecule has 8 nitrogen and oxygen atoms in total. The maximum absolute atomic E-state index is 9.33. The molecule has 64 valence electrons. The van der Waals surface area contributed by atoms with Gasteiger partial charge in [0.2, 0.25) is 0 Å². The second kappa shape index (κ2) is 13.5. The monoisotopic (exact) mass is 251 g/mol. The van der Waals surface area contributed by atoms with Crippen molar-refractivity contribution in [3.8, 4) is 0 Å². The Bertz CT molecular complexity index is 203. The zero-order valence-electron chi connectivity index (χ0n) is 10.6. The molecular weight excluding hydrogens is 244 g/mol. The number of nitrogens with zero attached hydrogens (tertiary/aromatic N) is 1. The van der Waals surface area contributed by atoms with Gasteiger partial charge in [-0.3, -0.25) is 4.55 Å². The van der Waals surface area contributed by atoms with Crippen molar-refractivity contribution in [1.82, 2.24) is 0 Å². The fourth-order valence-electron chi connectivity index (χ4n) is 0.0769. The van der Waals surface area contributed by atoms with E-state index >= 15 is 0 Å². The van der Waals surface area contributed by atoms with Crippen LogP contribution in [-0.2, 0) is 14.7 Å². The van der Waals surface area contributed by atoms with Gasteiger partial charge in [-0.1, -0.05) is 0 Å². The second-order valence-corrected chi connectivity index (χ2v) is 1.73. The van der Waals surface area contributed by atoms with Crippen LogP contribution < -0.4 is 80.9 Å². The molecule has 0 heterocycles. The Hall–Kier alpha value is 2.47. The molecule has 0 unspecified atom stereocenters. The zero-order chi connectivity index (χ0) is 6.78. The summed E-state index contributed by atoms with van der Waals surface area (Å²) in [6.07, 6.45) is 0. The van der Waals surface area contributed by atoms with Crippen LogP contribution in [0.2, 0.25) is 0 Å². The van der Waals surface area contributed by atoms with Gasteiger partial charge in [0.15, 0.2) is 0 Å². The Kier molecular flexibility index (Phi) is 32.9. The van der Waals surface area contributed by atoms with E-state index in [9.17, 15) is 8.42 Å². The maximum Gasteiger partial charge on any atom is 2.00 e. The van der Waals surface area contributed by atoms with Crippen molar-refractivity contribution >= 4 is 33.5 Å². The standard InChI is InChI=1S/K.Mg.HNO6S.Na.H2O.4H/c;;2-1(3)7-8(4,5)6;;;;;;/h;;(H,4,5,6);;1H2;;;;/q+1;+2;;+1;;4*-1. The average molecular weight is 252 g/mol. The molecule has 3 N–H and O–H groups in total. The van der Waals surface area contributed by atoms with E-state index in [1.165, 1.54) is 0 Å². The van der Waals surface area contributed by atoms with Crippen molar-refractivity contribution in [2.24, 2.45) is 0 Å². The molecule has 12 heteroatoms. The summed E-state index contributed by atoms with van der Waals surface area (Å²) in [4.78, 5) is 9.06. The van der Waals surface area contributed by atoms with Gasteiger partial charge in [-0.05, 0) is 0 Å². The van der Waals surface area contributed by atoms with Crippen LogP contribution in [0.25, 0.3) is 0 Å². The first-order valence-corrected chi connectivity index (χ1v) is 2.60. The van der Waals surface area contributed by atoms with Crippen molar-refractivity contribution in [3.63, 3.8) is 0 Å². The summed E-state index contributed by atoms with van der Waals surface area (Å²) in [7, 11) is -4.92. The number of hydrogen-bond acceptors (Lipinski definition) is 5. The topological polar surface area (TPSA) is 138 Å². The quantitative estimate of drug-likeness (QED) is 0.224. The summed E-state index contributed by atoms with van der Waals surface area (Å²) < 4.78 is 28.9. The Morgan fingerprint density at radius 2 is 1.75 bits per heavy atom. The van der Waals surface area contributed by atoms with Gasteiger partial charge in [0.25, 0.3) is 0 Å². The van der Waals surface area contributed by atoms with Crippen molar-refractivity contribution in [2.45, 2.75) is 0 Å². The molecule has 0 saturated heterocycles. The summed E-state index contributed by atoms with van der Waals surface area (Å²) in [6, 6.07) is 0. The van der Waals surface area contributed by atoms with Gasteiger partial charge < -0.3 is 11.2 Å². The molecule has 12 heavy (non-hydrogen) atoms. The Morgan fingerprint density at radius 3 is 1.75 bits per heavy atom. The first-order valence-electron chi connectivity index (χ1n) is 1.23. The van der Waals surface area contributed by atoms with Crippen LogP contribution in [-0.4, -0.2) is 46.6 Å². The summed E-state index contributed by atoms with van der Waals surface area (Å²) in [6.45, 7) is 0. The second-order valence-electron chi connectivity index (χ2n) is 0.726. The van der Waals surface area contributed by atoms with Gasteiger partial charge in [0.1, 0.15) is 0 Å². The predicted octanol–water partition coefficient (Wildman–Crippen LogP) is -7.75. The zero-order valence-corrected chi connectivity index (χ0v) is 13.9. The van der Waals surface area contributed by atoms with E-state index < -0.39 is 15.5 Å². The first kappa shape index (κ1) is 29.3. The third-order valence-corrected chi connectivity index (χ3v) is 0.465. The van der Waals surface area contributed by atoms with E-state index in [1.807, 2.05) is 0 Å². The van der Waals surface area contributed by atoms with Gasteiger partial charge in [-0.15, -0.1) is 10.1 Å². The van der Waals surface area contributed by atoms with Crippen LogP contribution in [0, 0.1) is 10.1 Å². The molecule has 0 bridgehead atoms. The predicted molar refractivity (Wildman–Crippen MR) is 33.4 cm³/mol. The fraction of sp³-hybridized carbons (Fsp3) is 0. The molecule has 0 amide bonds. The molecule has 0 aliphatic heterocycles. The molecule has 0 aromatic heterocycles. The smallest absolute Gasteiger partial charge is 1.00 e.